The lowest BCUT2D eigenvalue weighted by molar-refractivity contribution is 0.557. The molecule has 4 nitrogen and oxygen atoms in total. The van der Waals surface area contributed by atoms with Crippen molar-refractivity contribution in [2.75, 3.05) is 5.73 Å². The van der Waals surface area contributed by atoms with Gasteiger partial charge in [-0.15, -0.1) is 0 Å². The van der Waals surface area contributed by atoms with Gasteiger partial charge in [0.15, 0.2) is 0 Å². The number of aromatic nitrogens is 2. The average molecular weight is 384 g/mol. The average Bonchev–Trinajstić information content (AvgIpc) is 2.68. The van der Waals surface area contributed by atoms with Crippen LogP contribution in [-0.2, 0) is 19.3 Å². The number of nitrogens with two attached hydrogens (primary N) is 1. The summed E-state index contributed by atoms with van der Waals surface area (Å²) in [4.78, 5) is 19.1. The number of hydrogen-bond acceptors (Lipinski definition) is 3. The van der Waals surface area contributed by atoms with Crippen molar-refractivity contribution in [1.82, 2.24) is 9.97 Å². The molecule has 0 aliphatic heterocycles. The van der Waals surface area contributed by atoms with E-state index in [4.69, 9.17) is 5.73 Å². The van der Waals surface area contributed by atoms with Gasteiger partial charge >= 0.3 is 0 Å². The van der Waals surface area contributed by atoms with Crippen molar-refractivity contribution >= 4 is 5.95 Å². The minimum Gasteiger partial charge on any atom is -0.369 e. The molecule has 0 saturated heterocycles. The van der Waals surface area contributed by atoms with Crippen molar-refractivity contribution in [3.8, 4) is 0 Å². The zero-order chi connectivity index (χ0) is 20.0. The molecule has 2 rings (SSSR count). The zero-order valence-electron chi connectivity index (χ0n) is 17.5. The van der Waals surface area contributed by atoms with E-state index in [2.05, 4.69) is 47.2 Å². The largest absolute Gasteiger partial charge is 0.369 e. The number of nitrogens with zero attached hydrogens (tertiary/aromatic N) is 1. The Morgan fingerprint density at radius 3 is 2.00 bits per heavy atom. The Labute approximate surface area is 170 Å². The molecule has 1 heterocycles. The smallest absolute Gasteiger partial charge is 0.255 e. The maximum atomic E-state index is 12.1. The Kier molecular flexibility index (Phi) is 10.4. The van der Waals surface area contributed by atoms with Crippen molar-refractivity contribution in [2.24, 2.45) is 0 Å². The fourth-order valence-electron chi connectivity index (χ4n) is 3.78. The van der Waals surface area contributed by atoms with Gasteiger partial charge in [0.25, 0.3) is 5.56 Å². The third-order valence-corrected chi connectivity index (χ3v) is 5.34. The highest BCUT2D eigenvalue weighted by atomic mass is 16.1. The van der Waals surface area contributed by atoms with Gasteiger partial charge in [-0.25, -0.2) is 4.98 Å². The maximum Gasteiger partial charge on any atom is 0.255 e. The molecule has 0 spiro atoms. The minimum atomic E-state index is -0.0496. The van der Waals surface area contributed by atoms with Crippen LogP contribution in [0.1, 0.15) is 88.0 Å². The summed E-state index contributed by atoms with van der Waals surface area (Å²) in [7, 11) is 0. The number of hydrogen-bond donors (Lipinski definition) is 2. The second-order valence-electron chi connectivity index (χ2n) is 7.79. The molecule has 0 aliphatic rings. The van der Waals surface area contributed by atoms with Crippen LogP contribution in [-0.4, -0.2) is 9.97 Å². The predicted octanol–water partition coefficient (Wildman–Crippen LogP) is 5.60. The molecule has 4 heteroatoms. The first-order valence-corrected chi connectivity index (χ1v) is 11.1. The SMILES string of the molecule is CCCc1nc(N)[nH]c(=O)c1CCCCCCCCCCCc1ccccc1. The van der Waals surface area contributed by atoms with Gasteiger partial charge in [0.05, 0.1) is 5.69 Å². The van der Waals surface area contributed by atoms with Crippen molar-refractivity contribution in [3.63, 3.8) is 0 Å². The number of aryl methyl sites for hydroxylation is 2. The van der Waals surface area contributed by atoms with Crippen molar-refractivity contribution in [1.29, 1.82) is 0 Å². The summed E-state index contributed by atoms with van der Waals surface area (Å²) in [5.41, 5.74) is 8.81. The lowest BCUT2D eigenvalue weighted by Crippen LogP contribution is -2.20. The summed E-state index contributed by atoms with van der Waals surface area (Å²) < 4.78 is 0. The van der Waals surface area contributed by atoms with Gasteiger partial charge in [-0.3, -0.25) is 9.78 Å². The molecule has 0 fully saturated rings. The minimum absolute atomic E-state index is 0.0496. The fraction of sp³-hybridized carbons (Fsp3) is 0.583. The van der Waals surface area contributed by atoms with Crippen molar-refractivity contribution in [2.45, 2.75) is 90.4 Å². The number of H-pyrrole nitrogens is 1. The van der Waals surface area contributed by atoms with E-state index in [0.717, 1.165) is 36.9 Å². The molecule has 154 valence electrons. The van der Waals surface area contributed by atoms with E-state index >= 15 is 0 Å². The molecule has 1 aromatic carbocycles. The summed E-state index contributed by atoms with van der Waals surface area (Å²) in [5, 5.41) is 0. The number of nitrogens with one attached hydrogen (secondary N) is 1. The number of rotatable bonds is 14. The number of aromatic amines is 1. The van der Waals surface area contributed by atoms with Crippen LogP contribution >= 0.6 is 0 Å². The second kappa shape index (κ2) is 13.1. The first kappa shape index (κ1) is 22.2. The van der Waals surface area contributed by atoms with E-state index in [0.29, 0.717) is 0 Å². The van der Waals surface area contributed by atoms with Crippen LogP contribution in [0.2, 0.25) is 0 Å². The fourth-order valence-corrected chi connectivity index (χ4v) is 3.78. The number of nitrogen functional groups attached to an aromatic ring is 1. The first-order chi connectivity index (χ1) is 13.7. The highest BCUT2D eigenvalue weighted by Gasteiger charge is 2.09. The lowest BCUT2D eigenvalue weighted by Gasteiger charge is -2.08. The van der Waals surface area contributed by atoms with E-state index in [9.17, 15) is 4.79 Å². The number of unbranched alkanes of at least 4 members (excludes halogenated alkanes) is 8. The molecule has 28 heavy (non-hydrogen) atoms. The van der Waals surface area contributed by atoms with E-state index in [1.54, 1.807) is 0 Å². The molecule has 3 N–H and O–H groups in total. The van der Waals surface area contributed by atoms with Gasteiger partial charge in [-0.2, -0.15) is 0 Å². The number of anilines is 1. The van der Waals surface area contributed by atoms with E-state index in [1.165, 1.54) is 63.4 Å². The molecule has 0 atom stereocenters. The predicted molar refractivity (Wildman–Crippen MR) is 119 cm³/mol. The Hall–Kier alpha value is -2.10. The maximum absolute atomic E-state index is 12.1. The summed E-state index contributed by atoms with van der Waals surface area (Å²) in [6, 6.07) is 10.8. The summed E-state index contributed by atoms with van der Waals surface area (Å²) in [6.07, 6.45) is 15.3. The summed E-state index contributed by atoms with van der Waals surface area (Å²) in [5.74, 6) is 0.237. The van der Waals surface area contributed by atoms with Crippen LogP contribution in [0.5, 0.6) is 0 Å². The zero-order valence-corrected chi connectivity index (χ0v) is 17.5. The van der Waals surface area contributed by atoms with Crippen LogP contribution in [0.3, 0.4) is 0 Å². The van der Waals surface area contributed by atoms with Gasteiger partial charge < -0.3 is 5.73 Å². The van der Waals surface area contributed by atoms with Gasteiger partial charge in [-0.1, -0.05) is 88.6 Å². The molecule has 0 aliphatic carbocycles. The summed E-state index contributed by atoms with van der Waals surface area (Å²) >= 11 is 0. The quantitative estimate of drug-likeness (QED) is 0.417. The second-order valence-corrected chi connectivity index (χ2v) is 7.79. The molecule has 0 saturated carbocycles. The monoisotopic (exact) mass is 383 g/mol. The van der Waals surface area contributed by atoms with E-state index in [1.807, 2.05) is 0 Å². The highest BCUT2D eigenvalue weighted by Crippen LogP contribution is 2.14. The molecule has 0 amide bonds. The van der Waals surface area contributed by atoms with Gasteiger partial charge in [0.1, 0.15) is 0 Å². The first-order valence-electron chi connectivity index (χ1n) is 11.1. The van der Waals surface area contributed by atoms with Crippen LogP contribution in [0.15, 0.2) is 35.1 Å². The van der Waals surface area contributed by atoms with Crippen LogP contribution < -0.4 is 11.3 Å². The highest BCUT2D eigenvalue weighted by molar-refractivity contribution is 5.25. The molecule has 1 aromatic heterocycles. The van der Waals surface area contributed by atoms with Gasteiger partial charge in [-0.05, 0) is 37.7 Å². The lowest BCUT2D eigenvalue weighted by atomic mass is 10.0. The summed E-state index contributed by atoms with van der Waals surface area (Å²) in [6.45, 7) is 2.10. The van der Waals surface area contributed by atoms with Crippen LogP contribution in [0, 0.1) is 0 Å². The van der Waals surface area contributed by atoms with Gasteiger partial charge in [0, 0.05) is 5.56 Å². The number of benzene rings is 1. The molecular formula is C24H37N3O. The topological polar surface area (TPSA) is 71.8 Å². The van der Waals surface area contributed by atoms with Crippen LogP contribution in [0.25, 0.3) is 0 Å². The molecule has 0 bridgehead atoms. The standard InChI is InChI=1S/C24H37N3O/c1-2-15-22-21(23(28)27-24(25)26-22)19-14-9-7-5-3-4-6-8-11-16-20-17-12-10-13-18-20/h10,12-13,17-18H,2-9,11,14-16,19H2,1H3,(H3,25,26,27,28). The molecule has 0 radical (unpaired) electrons. The third kappa shape index (κ3) is 8.28. The van der Waals surface area contributed by atoms with Crippen molar-refractivity contribution < 1.29 is 0 Å². The normalized spacial score (nSPS) is 11.0. The Bertz CT molecular complexity index is 724. The Morgan fingerprint density at radius 2 is 1.39 bits per heavy atom. The molecule has 0 unspecified atom stereocenters. The van der Waals surface area contributed by atoms with E-state index < -0.39 is 0 Å². The Morgan fingerprint density at radius 1 is 0.821 bits per heavy atom. The van der Waals surface area contributed by atoms with Crippen molar-refractivity contribution in [3.05, 3.63) is 57.5 Å². The molecular weight excluding hydrogens is 346 g/mol. The Balaban J connectivity index is 1.50. The third-order valence-electron chi connectivity index (χ3n) is 5.34. The van der Waals surface area contributed by atoms with Gasteiger partial charge in [0.2, 0.25) is 5.95 Å². The molecule has 2 aromatic rings. The van der Waals surface area contributed by atoms with E-state index in [-0.39, 0.29) is 11.5 Å². The van der Waals surface area contributed by atoms with Crippen LogP contribution in [0.4, 0.5) is 5.95 Å².